The van der Waals surface area contributed by atoms with Crippen LogP contribution in [0.4, 0.5) is 0 Å². The van der Waals surface area contributed by atoms with E-state index in [0.717, 1.165) is 0 Å². The van der Waals surface area contributed by atoms with E-state index in [4.69, 9.17) is 9.47 Å². The highest BCUT2D eigenvalue weighted by Gasteiger charge is 2.13. The molecule has 7 heteroatoms. The summed E-state index contributed by atoms with van der Waals surface area (Å²) < 4.78 is 35.1. The quantitative estimate of drug-likeness (QED) is 0.616. The van der Waals surface area contributed by atoms with Crippen molar-refractivity contribution in [1.29, 1.82) is 0 Å². The summed E-state index contributed by atoms with van der Waals surface area (Å²) in [7, 11) is -2.20. The molecule has 0 atom stereocenters. The second-order valence-corrected chi connectivity index (χ2v) is 6.89. The highest BCUT2D eigenvalue weighted by atomic mass is 32.2. The molecule has 0 heterocycles. The van der Waals surface area contributed by atoms with Crippen LogP contribution < -0.4 is 14.3 Å². The average Bonchev–Trinajstić information content (AvgIpc) is 2.55. The molecule has 0 radical (unpaired) electrons. The zero-order valence-corrected chi connectivity index (χ0v) is 14.6. The first kappa shape index (κ1) is 17.8. The monoisotopic (exact) mass is 348 g/mol. The molecular formula is C17H20N2O4S. The lowest BCUT2D eigenvalue weighted by molar-refractivity contribution is 0.242. The minimum Gasteiger partial charge on any atom is -0.496 e. The van der Waals surface area contributed by atoms with Gasteiger partial charge in [0.05, 0.1) is 24.3 Å². The van der Waals surface area contributed by atoms with Crippen molar-refractivity contribution in [2.45, 2.75) is 24.8 Å². The number of nitrogens with zero attached hydrogens (tertiary/aromatic N) is 1. The zero-order valence-electron chi connectivity index (χ0n) is 13.8. The Bertz CT molecular complexity index is 800. The van der Waals surface area contributed by atoms with Crippen molar-refractivity contribution in [3.63, 3.8) is 0 Å². The smallest absolute Gasteiger partial charge is 0.276 e. The Morgan fingerprint density at radius 3 is 2.38 bits per heavy atom. The Hall–Kier alpha value is -2.54. The summed E-state index contributed by atoms with van der Waals surface area (Å²) in [4.78, 5) is 2.29. The van der Waals surface area contributed by atoms with Gasteiger partial charge in [0, 0.05) is 5.56 Å². The summed E-state index contributed by atoms with van der Waals surface area (Å²) in [6.07, 6.45) is 1.42. The van der Waals surface area contributed by atoms with Crippen LogP contribution in [0.25, 0.3) is 0 Å². The highest BCUT2D eigenvalue weighted by Crippen LogP contribution is 2.17. The number of para-hydroxylation sites is 1. The van der Waals surface area contributed by atoms with Gasteiger partial charge in [-0.25, -0.2) is 4.83 Å². The van der Waals surface area contributed by atoms with Gasteiger partial charge in [0.1, 0.15) is 11.5 Å². The lowest BCUT2D eigenvalue weighted by Crippen LogP contribution is -2.18. The van der Waals surface area contributed by atoms with Crippen LogP contribution in [-0.4, -0.2) is 27.8 Å². The van der Waals surface area contributed by atoms with Crippen molar-refractivity contribution in [1.82, 2.24) is 4.83 Å². The van der Waals surface area contributed by atoms with Crippen LogP contribution in [0, 0.1) is 0 Å². The molecule has 2 rings (SSSR count). The summed E-state index contributed by atoms with van der Waals surface area (Å²) in [5, 5.41) is 3.79. The van der Waals surface area contributed by atoms with Crippen molar-refractivity contribution in [2.24, 2.45) is 5.10 Å². The largest absolute Gasteiger partial charge is 0.496 e. The molecule has 0 amide bonds. The predicted octanol–water partition coefficient (Wildman–Crippen LogP) is 2.79. The molecule has 0 aliphatic carbocycles. The predicted molar refractivity (Wildman–Crippen MR) is 93.1 cm³/mol. The number of hydrogen-bond acceptors (Lipinski definition) is 5. The highest BCUT2D eigenvalue weighted by molar-refractivity contribution is 7.89. The van der Waals surface area contributed by atoms with Gasteiger partial charge in [-0.15, -0.1) is 0 Å². The van der Waals surface area contributed by atoms with E-state index < -0.39 is 10.0 Å². The van der Waals surface area contributed by atoms with Crippen LogP contribution in [0.15, 0.2) is 58.5 Å². The number of rotatable bonds is 7. The van der Waals surface area contributed by atoms with E-state index in [9.17, 15) is 8.42 Å². The molecule has 0 unspecified atom stereocenters. The second-order valence-electron chi connectivity index (χ2n) is 5.23. The fraction of sp³-hybridized carbons (Fsp3) is 0.235. The molecule has 0 aliphatic rings. The lowest BCUT2D eigenvalue weighted by atomic mass is 10.2. The third-order valence-corrected chi connectivity index (χ3v) is 4.26. The maximum atomic E-state index is 12.2. The zero-order chi connectivity index (χ0) is 17.6. The van der Waals surface area contributed by atoms with Gasteiger partial charge in [-0.3, -0.25) is 0 Å². The first-order valence-electron chi connectivity index (χ1n) is 7.37. The number of sulfonamides is 1. The van der Waals surface area contributed by atoms with Gasteiger partial charge >= 0.3 is 0 Å². The van der Waals surface area contributed by atoms with Crippen molar-refractivity contribution in [2.75, 3.05) is 7.11 Å². The number of nitrogens with one attached hydrogen (secondary N) is 1. The van der Waals surface area contributed by atoms with E-state index in [0.29, 0.717) is 17.1 Å². The lowest BCUT2D eigenvalue weighted by Gasteiger charge is -2.10. The van der Waals surface area contributed by atoms with Crippen LogP contribution >= 0.6 is 0 Å². The number of hydrazone groups is 1. The minimum absolute atomic E-state index is 0.0241. The summed E-state index contributed by atoms with van der Waals surface area (Å²) in [5.74, 6) is 1.22. The van der Waals surface area contributed by atoms with Gasteiger partial charge in [-0.2, -0.15) is 13.5 Å². The van der Waals surface area contributed by atoms with Crippen molar-refractivity contribution in [3.05, 3.63) is 54.1 Å². The third kappa shape index (κ3) is 4.73. The van der Waals surface area contributed by atoms with E-state index in [2.05, 4.69) is 9.93 Å². The van der Waals surface area contributed by atoms with E-state index in [1.807, 2.05) is 26.0 Å². The second kappa shape index (κ2) is 7.83. The normalized spacial score (nSPS) is 11.7. The molecule has 0 saturated heterocycles. The van der Waals surface area contributed by atoms with Crippen LogP contribution in [0.2, 0.25) is 0 Å². The summed E-state index contributed by atoms with van der Waals surface area (Å²) in [6.45, 7) is 3.80. The molecule has 2 aromatic rings. The Morgan fingerprint density at radius 1 is 1.08 bits per heavy atom. The Morgan fingerprint density at radius 2 is 1.75 bits per heavy atom. The van der Waals surface area contributed by atoms with Gasteiger partial charge in [0.15, 0.2) is 0 Å². The van der Waals surface area contributed by atoms with Crippen molar-refractivity contribution >= 4 is 16.2 Å². The maximum Gasteiger partial charge on any atom is 0.276 e. The van der Waals surface area contributed by atoms with Gasteiger partial charge in [0.25, 0.3) is 10.0 Å². The molecule has 0 saturated carbocycles. The Labute approximate surface area is 142 Å². The first-order chi connectivity index (χ1) is 11.4. The summed E-state index contributed by atoms with van der Waals surface area (Å²) in [6, 6.07) is 13.3. The number of methoxy groups -OCH3 is 1. The van der Waals surface area contributed by atoms with E-state index in [-0.39, 0.29) is 11.0 Å². The number of benzene rings is 2. The molecule has 24 heavy (non-hydrogen) atoms. The molecule has 1 N–H and O–H groups in total. The van der Waals surface area contributed by atoms with Gasteiger partial charge in [-0.05, 0) is 50.2 Å². The fourth-order valence-electron chi connectivity index (χ4n) is 1.96. The molecule has 0 spiro atoms. The van der Waals surface area contributed by atoms with E-state index >= 15 is 0 Å². The van der Waals surface area contributed by atoms with Crippen LogP contribution in [0.1, 0.15) is 19.4 Å². The van der Waals surface area contributed by atoms with Crippen molar-refractivity contribution in [3.8, 4) is 11.5 Å². The fourth-order valence-corrected chi connectivity index (χ4v) is 2.75. The van der Waals surface area contributed by atoms with E-state index in [1.54, 1.807) is 24.3 Å². The van der Waals surface area contributed by atoms with Crippen molar-refractivity contribution < 1.29 is 17.9 Å². The molecule has 128 valence electrons. The standard InChI is InChI=1S/C17H20N2O4S/c1-13(2)23-15-8-10-16(11-9-15)24(20,21)19-18-12-14-6-4-5-7-17(14)22-3/h4-13,19H,1-3H3/b18-12+. The van der Waals surface area contributed by atoms with E-state index in [1.165, 1.54) is 25.5 Å². The molecule has 6 nitrogen and oxygen atoms in total. The van der Waals surface area contributed by atoms with Crippen LogP contribution in [0.3, 0.4) is 0 Å². The molecule has 0 bridgehead atoms. The van der Waals surface area contributed by atoms with Crippen LogP contribution in [0.5, 0.6) is 11.5 Å². The number of hydrogen-bond donors (Lipinski definition) is 1. The first-order valence-corrected chi connectivity index (χ1v) is 8.85. The molecular weight excluding hydrogens is 328 g/mol. The Kier molecular flexibility index (Phi) is 5.81. The molecule has 0 aliphatic heterocycles. The third-order valence-electron chi connectivity index (χ3n) is 3.02. The molecule has 0 fully saturated rings. The number of ether oxygens (including phenoxy) is 2. The summed E-state index contributed by atoms with van der Waals surface area (Å²) >= 11 is 0. The topological polar surface area (TPSA) is 77.0 Å². The Balaban J connectivity index is 2.09. The van der Waals surface area contributed by atoms with Gasteiger partial charge in [-0.1, -0.05) is 12.1 Å². The SMILES string of the molecule is COc1ccccc1/C=N/NS(=O)(=O)c1ccc(OC(C)C)cc1. The molecule has 2 aromatic carbocycles. The minimum atomic E-state index is -3.74. The van der Waals surface area contributed by atoms with Gasteiger partial charge in [0.2, 0.25) is 0 Å². The molecule has 0 aromatic heterocycles. The average molecular weight is 348 g/mol. The summed E-state index contributed by atoms with van der Waals surface area (Å²) in [5.41, 5.74) is 0.670. The van der Waals surface area contributed by atoms with Crippen LogP contribution in [-0.2, 0) is 10.0 Å². The van der Waals surface area contributed by atoms with Gasteiger partial charge < -0.3 is 9.47 Å². The maximum absolute atomic E-state index is 12.2.